The molecule has 2 aliphatic carbocycles. The van der Waals surface area contributed by atoms with E-state index in [4.69, 9.17) is 4.74 Å². The van der Waals surface area contributed by atoms with E-state index in [0.717, 1.165) is 35.0 Å². The van der Waals surface area contributed by atoms with E-state index in [2.05, 4.69) is 19.1 Å². The highest BCUT2D eigenvalue weighted by molar-refractivity contribution is 5.28. The zero-order valence-corrected chi connectivity index (χ0v) is 13.7. The first-order valence-electron chi connectivity index (χ1n) is 8.66. The van der Waals surface area contributed by atoms with Gasteiger partial charge in [0.2, 0.25) is 0 Å². The smallest absolute Gasteiger partial charge is 0.118 e. The molecule has 2 aliphatic rings. The minimum Gasteiger partial charge on any atom is -0.497 e. The van der Waals surface area contributed by atoms with Crippen LogP contribution in [-0.2, 0) is 0 Å². The average Bonchev–Trinajstić information content (AvgIpc) is 3.13. The van der Waals surface area contributed by atoms with Gasteiger partial charge in [0.05, 0.1) is 13.2 Å². The quantitative estimate of drug-likeness (QED) is 0.768. The van der Waals surface area contributed by atoms with Crippen molar-refractivity contribution in [1.29, 1.82) is 0 Å². The van der Waals surface area contributed by atoms with Gasteiger partial charge < -0.3 is 9.84 Å². The van der Waals surface area contributed by atoms with Crippen molar-refractivity contribution in [2.24, 2.45) is 23.7 Å². The lowest BCUT2D eigenvalue weighted by Crippen LogP contribution is -2.18. The number of aliphatic hydroxyl groups excluding tert-OH is 1. The fourth-order valence-corrected chi connectivity index (χ4v) is 4.55. The van der Waals surface area contributed by atoms with Crippen LogP contribution in [0.5, 0.6) is 5.75 Å². The van der Waals surface area contributed by atoms with Crippen LogP contribution in [-0.4, -0.2) is 12.2 Å². The topological polar surface area (TPSA) is 29.5 Å². The summed E-state index contributed by atoms with van der Waals surface area (Å²) in [6, 6.07) is 7.68. The number of rotatable bonds is 6. The molecule has 0 spiro atoms. The number of allylic oxidation sites excluding steroid dienone is 1. The van der Waals surface area contributed by atoms with E-state index in [1.54, 1.807) is 7.11 Å². The Balaban J connectivity index is 1.47. The molecule has 120 valence electrons. The molecule has 3 rings (SSSR count). The fourth-order valence-electron chi connectivity index (χ4n) is 4.55. The molecule has 0 radical (unpaired) electrons. The van der Waals surface area contributed by atoms with Crippen LogP contribution in [0.15, 0.2) is 36.4 Å². The average molecular weight is 300 g/mol. The molecule has 0 aromatic heterocycles. The Morgan fingerprint density at radius 1 is 1.18 bits per heavy atom. The van der Waals surface area contributed by atoms with Gasteiger partial charge in [-0.05, 0) is 73.5 Å². The molecule has 2 fully saturated rings. The third kappa shape index (κ3) is 3.22. The predicted octanol–water partition coefficient (Wildman–Crippen LogP) is 4.75. The Bertz CT molecular complexity index is 503. The van der Waals surface area contributed by atoms with Gasteiger partial charge >= 0.3 is 0 Å². The molecule has 1 aromatic rings. The van der Waals surface area contributed by atoms with Gasteiger partial charge in [-0.15, -0.1) is 0 Å². The van der Waals surface area contributed by atoms with E-state index in [1.165, 1.54) is 25.7 Å². The number of hydrogen-bond acceptors (Lipinski definition) is 2. The predicted molar refractivity (Wildman–Crippen MR) is 89.8 cm³/mol. The van der Waals surface area contributed by atoms with E-state index >= 15 is 0 Å². The first kappa shape index (κ1) is 15.6. The standard InChI is InChI=1S/C20H28O2/c1-14-16-7-8-17(13-16)19(14)5-3-4-6-20(21)15-9-11-18(22-2)12-10-15/h3-4,9-12,14,16-17,19-21H,5-8,13H2,1-2H3/b4-3+/t14-,16?,17?,19-,20?/m0/s1. The second-order valence-corrected chi connectivity index (χ2v) is 7.09. The molecule has 22 heavy (non-hydrogen) atoms. The molecule has 2 bridgehead atoms. The highest BCUT2D eigenvalue weighted by atomic mass is 16.5. The van der Waals surface area contributed by atoms with Crippen LogP contribution in [0.25, 0.3) is 0 Å². The van der Waals surface area contributed by atoms with Gasteiger partial charge in [-0.3, -0.25) is 0 Å². The molecule has 5 atom stereocenters. The summed E-state index contributed by atoms with van der Waals surface area (Å²) in [5.41, 5.74) is 0.957. The van der Waals surface area contributed by atoms with Crippen molar-refractivity contribution in [2.45, 2.75) is 45.1 Å². The van der Waals surface area contributed by atoms with E-state index in [9.17, 15) is 5.11 Å². The van der Waals surface area contributed by atoms with Gasteiger partial charge in [-0.2, -0.15) is 0 Å². The van der Waals surface area contributed by atoms with Crippen LogP contribution in [0, 0.1) is 23.7 Å². The summed E-state index contributed by atoms with van der Waals surface area (Å²) in [6.45, 7) is 2.44. The van der Waals surface area contributed by atoms with Gasteiger partial charge in [0.25, 0.3) is 0 Å². The number of hydrogen-bond donors (Lipinski definition) is 1. The van der Waals surface area contributed by atoms with Gasteiger partial charge in [0, 0.05) is 0 Å². The minimum atomic E-state index is -0.417. The molecule has 0 saturated heterocycles. The van der Waals surface area contributed by atoms with Gasteiger partial charge in [0.1, 0.15) is 5.75 Å². The summed E-state index contributed by atoms with van der Waals surface area (Å²) in [5.74, 6) is 4.57. The molecular formula is C20H28O2. The molecule has 0 heterocycles. The van der Waals surface area contributed by atoms with Crippen LogP contribution in [0.2, 0.25) is 0 Å². The monoisotopic (exact) mass is 300 g/mol. The molecule has 0 amide bonds. The lowest BCUT2D eigenvalue weighted by molar-refractivity contribution is 0.181. The Hall–Kier alpha value is -1.28. The second-order valence-electron chi connectivity index (χ2n) is 7.09. The summed E-state index contributed by atoms with van der Waals surface area (Å²) < 4.78 is 5.14. The zero-order valence-electron chi connectivity index (χ0n) is 13.7. The zero-order chi connectivity index (χ0) is 15.5. The normalized spacial score (nSPS) is 31.8. The molecule has 3 unspecified atom stereocenters. The van der Waals surface area contributed by atoms with Crippen LogP contribution < -0.4 is 4.74 Å². The third-order valence-corrected chi connectivity index (χ3v) is 5.97. The van der Waals surface area contributed by atoms with Crippen molar-refractivity contribution < 1.29 is 9.84 Å². The summed E-state index contributed by atoms with van der Waals surface area (Å²) in [7, 11) is 1.66. The number of ether oxygens (including phenoxy) is 1. The van der Waals surface area contributed by atoms with Crippen molar-refractivity contribution in [3.8, 4) is 5.75 Å². The summed E-state index contributed by atoms with van der Waals surface area (Å²) in [4.78, 5) is 0. The molecule has 2 heteroatoms. The lowest BCUT2D eigenvalue weighted by atomic mass is 9.78. The first-order chi connectivity index (χ1) is 10.7. The Kier molecular flexibility index (Phi) is 4.87. The Morgan fingerprint density at radius 3 is 2.55 bits per heavy atom. The largest absolute Gasteiger partial charge is 0.497 e. The minimum absolute atomic E-state index is 0.417. The van der Waals surface area contributed by atoms with Crippen molar-refractivity contribution in [3.63, 3.8) is 0 Å². The van der Waals surface area contributed by atoms with Gasteiger partial charge in [-0.1, -0.05) is 31.2 Å². The third-order valence-electron chi connectivity index (χ3n) is 5.97. The summed E-state index contributed by atoms with van der Waals surface area (Å²) in [5, 5.41) is 10.2. The van der Waals surface area contributed by atoms with Crippen molar-refractivity contribution in [3.05, 3.63) is 42.0 Å². The number of fused-ring (bicyclic) bond motifs is 2. The molecule has 2 nitrogen and oxygen atoms in total. The van der Waals surface area contributed by atoms with Gasteiger partial charge in [-0.25, -0.2) is 0 Å². The summed E-state index contributed by atoms with van der Waals surface area (Å²) >= 11 is 0. The Morgan fingerprint density at radius 2 is 1.91 bits per heavy atom. The molecule has 1 N–H and O–H groups in total. The maximum absolute atomic E-state index is 10.2. The van der Waals surface area contributed by atoms with Gasteiger partial charge in [0.15, 0.2) is 0 Å². The van der Waals surface area contributed by atoms with E-state index < -0.39 is 6.10 Å². The van der Waals surface area contributed by atoms with Crippen LogP contribution >= 0.6 is 0 Å². The maximum Gasteiger partial charge on any atom is 0.118 e. The van der Waals surface area contributed by atoms with Crippen LogP contribution in [0.4, 0.5) is 0 Å². The molecule has 2 saturated carbocycles. The van der Waals surface area contributed by atoms with E-state index in [0.29, 0.717) is 6.42 Å². The van der Waals surface area contributed by atoms with Crippen molar-refractivity contribution in [2.75, 3.05) is 7.11 Å². The lowest BCUT2D eigenvalue weighted by Gasteiger charge is -2.27. The number of benzene rings is 1. The van der Waals surface area contributed by atoms with Crippen LogP contribution in [0.1, 0.15) is 50.7 Å². The van der Waals surface area contributed by atoms with E-state index in [1.807, 2.05) is 24.3 Å². The maximum atomic E-state index is 10.2. The first-order valence-corrected chi connectivity index (χ1v) is 8.66. The molecular weight excluding hydrogens is 272 g/mol. The van der Waals surface area contributed by atoms with E-state index in [-0.39, 0.29) is 0 Å². The Labute approximate surface area is 134 Å². The van der Waals surface area contributed by atoms with Crippen molar-refractivity contribution in [1.82, 2.24) is 0 Å². The fraction of sp³-hybridized carbons (Fsp3) is 0.600. The number of aliphatic hydroxyl groups is 1. The highest BCUT2D eigenvalue weighted by Crippen LogP contribution is 2.53. The number of methoxy groups -OCH3 is 1. The molecule has 0 aliphatic heterocycles. The SMILES string of the molecule is COc1ccc(C(O)C/C=C/C[C@@H]2C3CCC(C3)[C@@H]2C)cc1. The van der Waals surface area contributed by atoms with Crippen molar-refractivity contribution >= 4 is 0 Å². The second kappa shape index (κ2) is 6.87. The summed E-state index contributed by atoms with van der Waals surface area (Å²) in [6.07, 6.45) is 10.3. The highest BCUT2D eigenvalue weighted by Gasteiger charge is 2.44. The molecule has 1 aromatic carbocycles. The van der Waals surface area contributed by atoms with Crippen LogP contribution in [0.3, 0.4) is 0 Å².